The van der Waals surface area contributed by atoms with Crippen molar-refractivity contribution in [3.05, 3.63) is 30.2 Å². The Bertz CT molecular complexity index is 568. The molecule has 1 saturated heterocycles. The number of furan rings is 1. The van der Waals surface area contributed by atoms with Crippen molar-refractivity contribution in [3.63, 3.8) is 0 Å². The van der Waals surface area contributed by atoms with Crippen LogP contribution in [0.2, 0.25) is 0 Å². The lowest BCUT2D eigenvalue weighted by Gasteiger charge is -2.30. The van der Waals surface area contributed by atoms with Crippen LogP contribution in [0.25, 0.3) is 11.5 Å². The van der Waals surface area contributed by atoms with Crippen LogP contribution in [-0.4, -0.2) is 40.6 Å². The first-order chi connectivity index (χ1) is 9.78. The molecule has 1 fully saturated rings. The predicted octanol–water partition coefficient (Wildman–Crippen LogP) is 1.48. The fourth-order valence-corrected chi connectivity index (χ4v) is 2.52. The third-order valence-corrected chi connectivity index (χ3v) is 3.82. The zero-order valence-electron chi connectivity index (χ0n) is 11.2. The lowest BCUT2D eigenvalue weighted by molar-refractivity contribution is 0.0687. The third-order valence-electron chi connectivity index (χ3n) is 3.82. The molecule has 0 saturated carbocycles. The average Bonchev–Trinajstić information content (AvgIpc) is 3.17. The minimum Gasteiger partial charge on any atom is -0.463 e. The highest BCUT2D eigenvalue weighted by Gasteiger charge is 2.24. The molecule has 3 heterocycles. The number of likely N-dealkylation sites (tertiary alicyclic amines) is 1. The molecule has 0 bridgehead atoms. The van der Waals surface area contributed by atoms with Crippen LogP contribution >= 0.6 is 0 Å². The summed E-state index contributed by atoms with van der Waals surface area (Å²) in [6.07, 6.45) is 3.53. The van der Waals surface area contributed by atoms with E-state index in [1.807, 2.05) is 11.0 Å². The third kappa shape index (κ3) is 2.46. The van der Waals surface area contributed by atoms with E-state index in [4.69, 9.17) is 10.2 Å². The van der Waals surface area contributed by atoms with Crippen molar-refractivity contribution >= 4 is 5.91 Å². The molecule has 1 aliphatic rings. The van der Waals surface area contributed by atoms with Gasteiger partial charge in [0.25, 0.3) is 5.91 Å². The molecule has 3 N–H and O–H groups in total. The Morgan fingerprint density at radius 3 is 2.95 bits per heavy atom. The van der Waals surface area contributed by atoms with Crippen LogP contribution in [0.4, 0.5) is 0 Å². The van der Waals surface area contributed by atoms with Gasteiger partial charge in [-0.1, -0.05) is 0 Å². The van der Waals surface area contributed by atoms with Gasteiger partial charge in [0.2, 0.25) is 0 Å². The van der Waals surface area contributed by atoms with Gasteiger partial charge in [0.1, 0.15) is 5.69 Å². The number of amides is 1. The van der Waals surface area contributed by atoms with Gasteiger partial charge < -0.3 is 15.1 Å². The van der Waals surface area contributed by atoms with Gasteiger partial charge in [-0.25, -0.2) is 0 Å². The first kappa shape index (κ1) is 12.9. The van der Waals surface area contributed by atoms with E-state index in [0.717, 1.165) is 31.6 Å². The summed E-state index contributed by atoms with van der Waals surface area (Å²) in [6, 6.07) is 5.36. The molecular formula is C14H18N4O2. The Morgan fingerprint density at radius 2 is 2.30 bits per heavy atom. The Kier molecular flexibility index (Phi) is 3.56. The highest BCUT2D eigenvalue weighted by atomic mass is 16.3. The van der Waals surface area contributed by atoms with Gasteiger partial charge in [-0.15, -0.1) is 0 Å². The molecule has 2 aromatic heterocycles. The van der Waals surface area contributed by atoms with Gasteiger partial charge in [0.05, 0.1) is 6.26 Å². The molecule has 0 atom stereocenters. The van der Waals surface area contributed by atoms with Crippen molar-refractivity contribution in [1.82, 2.24) is 15.1 Å². The Hall–Kier alpha value is -2.08. The maximum atomic E-state index is 12.4. The molecule has 6 nitrogen and oxygen atoms in total. The molecule has 106 valence electrons. The van der Waals surface area contributed by atoms with Gasteiger partial charge >= 0.3 is 0 Å². The number of hydrogen-bond donors (Lipinski definition) is 2. The second-order valence-electron chi connectivity index (χ2n) is 5.12. The molecule has 0 spiro atoms. The molecular weight excluding hydrogens is 256 g/mol. The molecule has 2 aromatic rings. The maximum Gasteiger partial charge on any atom is 0.274 e. The van der Waals surface area contributed by atoms with E-state index in [2.05, 4.69) is 10.2 Å². The molecule has 0 aromatic carbocycles. The highest BCUT2D eigenvalue weighted by molar-refractivity contribution is 5.93. The van der Waals surface area contributed by atoms with Crippen LogP contribution in [-0.2, 0) is 0 Å². The summed E-state index contributed by atoms with van der Waals surface area (Å²) in [5.74, 6) is 1.19. The minimum absolute atomic E-state index is 0.0328. The van der Waals surface area contributed by atoms with E-state index in [-0.39, 0.29) is 5.91 Å². The largest absolute Gasteiger partial charge is 0.463 e. The number of piperidine rings is 1. The quantitative estimate of drug-likeness (QED) is 0.887. The normalized spacial score (nSPS) is 16.6. The zero-order valence-corrected chi connectivity index (χ0v) is 11.2. The lowest BCUT2D eigenvalue weighted by Crippen LogP contribution is -2.40. The number of hydrogen-bond acceptors (Lipinski definition) is 4. The molecule has 1 aliphatic heterocycles. The molecule has 3 rings (SSSR count). The second kappa shape index (κ2) is 5.50. The number of aromatic nitrogens is 2. The average molecular weight is 274 g/mol. The summed E-state index contributed by atoms with van der Waals surface area (Å²) >= 11 is 0. The molecule has 6 heteroatoms. The Morgan fingerprint density at radius 1 is 1.50 bits per heavy atom. The number of carbonyl (C=O) groups is 1. The summed E-state index contributed by atoms with van der Waals surface area (Å²) in [4.78, 5) is 14.2. The number of carbonyl (C=O) groups excluding carboxylic acids is 1. The summed E-state index contributed by atoms with van der Waals surface area (Å²) < 4.78 is 5.28. The van der Waals surface area contributed by atoms with Crippen LogP contribution in [0.1, 0.15) is 23.3 Å². The smallest absolute Gasteiger partial charge is 0.274 e. The van der Waals surface area contributed by atoms with E-state index in [9.17, 15) is 4.79 Å². The van der Waals surface area contributed by atoms with Crippen LogP contribution in [0.15, 0.2) is 28.9 Å². The molecule has 20 heavy (non-hydrogen) atoms. The minimum atomic E-state index is -0.0328. The van der Waals surface area contributed by atoms with Gasteiger partial charge in [-0.3, -0.25) is 9.89 Å². The molecule has 0 radical (unpaired) electrons. The predicted molar refractivity (Wildman–Crippen MR) is 74.0 cm³/mol. The van der Waals surface area contributed by atoms with Crippen molar-refractivity contribution in [2.45, 2.75) is 12.8 Å². The summed E-state index contributed by atoms with van der Waals surface area (Å²) in [6.45, 7) is 2.21. The molecule has 0 unspecified atom stereocenters. The Labute approximate surface area is 116 Å². The number of nitrogens with two attached hydrogens (primary N) is 1. The van der Waals surface area contributed by atoms with Crippen LogP contribution in [0.3, 0.4) is 0 Å². The van der Waals surface area contributed by atoms with Gasteiger partial charge in [-0.2, -0.15) is 5.10 Å². The number of nitrogens with zero attached hydrogens (tertiary/aromatic N) is 2. The molecule has 0 aliphatic carbocycles. The number of aromatic amines is 1. The fourth-order valence-electron chi connectivity index (χ4n) is 2.52. The van der Waals surface area contributed by atoms with Crippen LogP contribution < -0.4 is 5.73 Å². The lowest BCUT2D eigenvalue weighted by atomic mass is 9.97. The SMILES string of the molecule is NCC1CCN(C(=O)c2cc(-c3ccco3)[nH]n2)CC1. The van der Waals surface area contributed by atoms with E-state index >= 15 is 0 Å². The zero-order chi connectivity index (χ0) is 13.9. The van der Waals surface area contributed by atoms with E-state index in [1.54, 1.807) is 18.4 Å². The van der Waals surface area contributed by atoms with Crippen molar-refractivity contribution in [2.24, 2.45) is 11.7 Å². The Balaban J connectivity index is 1.69. The van der Waals surface area contributed by atoms with Crippen LogP contribution in [0.5, 0.6) is 0 Å². The summed E-state index contributed by atoms with van der Waals surface area (Å²) in [7, 11) is 0. The topological polar surface area (TPSA) is 88.1 Å². The monoisotopic (exact) mass is 274 g/mol. The maximum absolute atomic E-state index is 12.4. The number of nitrogens with one attached hydrogen (secondary N) is 1. The van der Waals surface area contributed by atoms with E-state index in [1.165, 1.54) is 0 Å². The van der Waals surface area contributed by atoms with E-state index in [0.29, 0.717) is 23.9 Å². The molecule has 1 amide bonds. The fraction of sp³-hybridized carbons (Fsp3) is 0.429. The van der Waals surface area contributed by atoms with Crippen LogP contribution in [0, 0.1) is 5.92 Å². The van der Waals surface area contributed by atoms with Gasteiger partial charge in [0, 0.05) is 19.2 Å². The number of H-pyrrole nitrogens is 1. The first-order valence-corrected chi connectivity index (χ1v) is 6.86. The van der Waals surface area contributed by atoms with Crippen molar-refractivity contribution in [3.8, 4) is 11.5 Å². The van der Waals surface area contributed by atoms with Gasteiger partial charge in [-0.05, 0) is 37.4 Å². The first-order valence-electron chi connectivity index (χ1n) is 6.86. The van der Waals surface area contributed by atoms with Crippen molar-refractivity contribution < 1.29 is 9.21 Å². The number of rotatable bonds is 3. The highest BCUT2D eigenvalue weighted by Crippen LogP contribution is 2.21. The second-order valence-corrected chi connectivity index (χ2v) is 5.12. The summed E-state index contributed by atoms with van der Waals surface area (Å²) in [5.41, 5.74) is 6.81. The van der Waals surface area contributed by atoms with E-state index < -0.39 is 0 Å². The standard InChI is InChI=1S/C14H18N4O2/c15-9-10-3-5-18(6-4-10)14(19)12-8-11(16-17-12)13-2-1-7-20-13/h1-2,7-8,10H,3-6,9,15H2,(H,16,17). The van der Waals surface area contributed by atoms with Crippen molar-refractivity contribution in [1.29, 1.82) is 0 Å². The van der Waals surface area contributed by atoms with Crippen molar-refractivity contribution in [2.75, 3.05) is 19.6 Å². The summed E-state index contributed by atoms with van der Waals surface area (Å²) in [5, 5.41) is 6.92. The van der Waals surface area contributed by atoms with Gasteiger partial charge in [0.15, 0.2) is 11.5 Å².